The highest BCUT2D eigenvalue weighted by atomic mass is 32.1. The van der Waals surface area contributed by atoms with Crippen LogP contribution >= 0.6 is 22.7 Å². The Labute approximate surface area is 139 Å². The lowest BCUT2D eigenvalue weighted by molar-refractivity contribution is -0.114. The number of nitrogens with zero attached hydrogens (tertiary/aromatic N) is 3. The van der Waals surface area contributed by atoms with E-state index >= 15 is 0 Å². The lowest BCUT2D eigenvalue weighted by Gasteiger charge is -2.00. The van der Waals surface area contributed by atoms with Gasteiger partial charge in [-0.25, -0.2) is 15.0 Å². The molecule has 9 heteroatoms. The average molecular weight is 349 g/mol. The smallest absolute Gasteiger partial charge is 0.223 e. The molecular formula is C14H12FN5OS2. The van der Waals surface area contributed by atoms with Gasteiger partial charge in [-0.3, -0.25) is 4.79 Å². The van der Waals surface area contributed by atoms with Gasteiger partial charge in [0, 0.05) is 12.3 Å². The minimum absolute atomic E-state index is 0.158. The molecule has 0 aliphatic carbocycles. The summed E-state index contributed by atoms with van der Waals surface area (Å²) in [5, 5.41) is 8.86. The molecule has 0 bridgehead atoms. The fraction of sp³-hybridized carbons (Fsp3) is 0.143. The van der Waals surface area contributed by atoms with Crippen molar-refractivity contribution in [1.29, 1.82) is 0 Å². The molecular weight excluding hydrogens is 337 g/mol. The number of halogens is 1. The van der Waals surface area contributed by atoms with Crippen LogP contribution in [0.1, 0.15) is 12.6 Å². The largest absolute Gasteiger partial charge is 0.330 e. The maximum absolute atomic E-state index is 12.8. The highest BCUT2D eigenvalue weighted by Gasteiger charge is 2.14. The summed E-state index contributed by atoms with van der Waals surface area (Å²) >= 11 is 2.80. The fourth-order valence-electron chi connectivity index (χ4n) is 1.85. The Bertz CT molecular complexity index is 843. The van der Waals surface area contributed by atoms with Gasteiger partial charge in [0.05, 0.1) is 28.1 Å². The van der Waals surface area contributed by atoms with Crippen LogP contribution in [0.5, 0.6) is 0 Å². The first-order valence-corrected chi connectivity index (χ1v) is 8.30. The lowest BCUT2D eigenvalue weighted by Crippen LogP contribution is -2.04. The van der Waals surface area contributed by atoms with Crippen molar-refractivity contribution < 1.29 is 9.18 Å². The number of aromatic nitrogens is 3. The van der Waals surface area contributed by atoms with E-state index in [4.69, 9.17) is 0 Å². The van der Waals surface area contributed by atoms with Crippen molar-refractivity contribution in [3.63, 3.8) is 0 Å². The van der Waals surface area contributed by atoms with Crippen LogP contribution < -0.4 is 10.6 Å². The van der Waals surface area contributed by atoms with Crippen molar-refractivity contribution in [2.45, 2.75) is 13.8 Å². The van der Waals surface area contributed by atoms with Crippen LogP contribution in [0.25, 0.3) is 10.6 Å². The summed E-state index contributed by atoms with van der Waals surface area (Å²) in [7, 11) is 0. The zero-order valence-corrected chi connectivity index (χ0v) is 13.9. The fourth-order valence-corrected chi connectivity index (χ4v) is 3.62. The zero-order chi connectivity index (χ0) is 16.4. The molecule has 3 aromatic heterocycles. The monoisotopic (exact) mass is 349 g/mol. The van der Waals surface area contributed by atoms with Gasteiger partial charge in [0.15, 0.2) is 10.3 Å². The zero-order valence-electron chi connectivity index (χ0n) is 12.3. The number of anilines is 3. The summed E-state index contributed by atoms with van der Waals surface area (Å²) in [5.41, 5.74) is 2.24. The molecule has 0 unspecified atom stereocenters. The van der Waals surface area contributed by atoms with Gasteiger partial charge in [0.1, 0.15) is 0 Å². The molecule has 3 heterocycles. The normalized spacial score (nSPS) is 10.6. The minimum Gasteiger partial charge on any atom is -0.330 e. The number of pyridine rings is 1. The van der Waals surface area contributed by atoms with Crippen molar-refractivity contribution >= 4 is 44.5 Å². The molecule has 1 amide bonds. The SMILES string of the molecule is CC(=O)Nc1nc(C)c(-c2csc(Nc3ccc(F)nc3)n2)s1. The Morgan fingerprint density at radius 1 is 1.26 bits per heavy atom. The summed E-state index contributed by atoms with van der Waals surface area (Å²) in [6.45, 7) is 3.31. The molecule has 6 nitrogen and oxygen atoms in total. The number of carbonyl (C=O) groups excluding carboxylic acids is 1. The topological polar surface area (TPSA) is 79.8 Å². The van der Waals surface area contributed by atoms with Gasteiger partial charge in [0.25, 0.3) is 0 Å². The van der Waals surface area contributed by atoms with Crippen LogP contribution in [0, 0.1) is 12.9 Å². The van der Waals surface area contributed by atoms with E-state index in [9.17, 15) is 9.18 Å². The van der Waals surface area contributed by atoms with Crippen molar-refractivity contribution in [1.82, 2.24) is 15.0 Å². The van der Waals surface area contributed by atoms with Gasteiger partial charge in [0.2, 0.25) is 11.9 Å². The lowest BCUT2D eigenvalue weighted by atomic mass is 10.3. The van der Waals surface area contributed by atoms with Crippen molar-refractivity contribution in [3.8, 4) is 10.6 Å². The maximum atomic E-state index is 12.8. The molecule has 0 saturated heterocycles. The Hall–Kier alpha value is -2.39. The van der Waals surface area contributed by atoms with E-state index in [-0.39, 0.29) is 5.91 Å². The van der Waals surface area contributed by atoms with Crippen LogP contribution in [0.3, 0.4) is 0 Å². The van der Waals surface area contributed by atoms with Gasteiger partial charge >= 0.3 is 0 Å². The molecule has 2 N–H and O–H groups in total. The summed E-state index contributed by atoms with van der Waals surface area (Å²) in [5.74, 6) is -0.684. The highest BCUT2D eigenvalue weighted by Crippen LogP contribution is 2.35. The second kappa shape index (κ2) is 6.39. The molecule has 0 atom stereocenters. The molecule has 0 radical (unpaired) electrons. The summed E-state index contributed by atoms with van der Waals surface area (Å²) in [4.78, 5) is 24.4. The predicted molar refractivity (Wildman–Crippen MR) is 89.7 cm³/mol. The maximum Gasteiger partial charge on any atom is 0.223 e. The number of carbonyl (C=O) groups is 1. The molecule has 0 aliphatic rings. The molecule has 118 valence electrons. The first kappa shape index (κ1) is 15.5. The quantitative estimate of drug-likeness (QED) is 0.700. The van der Waals surface area contributed by atoms with Crippen molar-refractivity contribution in [2.75, 3.05) is 10.6 Å². The third-order valence-electron chi connectivity index (χ3n) is 2.80. The molecule has 3 aromatic rings. The van der Waals surface area contributed by atoms with Gasteiger partial charge < -0.3 is 10.6 Å². The van der Waals surface area contributed by atoms with E-state index in [1.807, 2.05) is 12.3 Å². The van der Waals surface area contributed by atoms with Gasteiger partial charge in [-0.05, 0) is 19.1 Å². The van der Waals surface area contributed by atoms with Gasteiger partial charge in [-0.2, -0.15) is 4.39 Å². The Morgan fingerprint density at radius 2 is 2.09 bits per heavy atom. The van der Waals surface area contributed by atoms with Gasteiger partial charge in [-0.15, -0.1) is 11.3 Å². The number of rotatable bonds is 4. The van der Waals surface area contributed by atoms with Gasteiger partial charge in [-0.1, -0.05) is 11.3 Å². The summed E-state index contributed by atoms with van der Waals surface area (Å²) in [6.07, 6.45) is 1.41. The number of thiazole rings is 2. The second-order valence-corrected chi connectivity index (χ2v) is 6.50. The third kappa shape index (κ3) is 3.69. The van der Waals surface area contributed by atoms with E-state index in [2.05, 4.69) is 25.6 Å². The van der Waals surface area contributed by atoms with Crippen LogP contribution in [0.2, 0.25) is 0 Å². The third-order valence-corrected chi connectivity index (χ3v) is 4.65. The first-order chi connectivity index (χ1) is 11.0. The minimum atomic E-state index is -0.527. The first-order valence-electron chi connectivity index (χ1n) is 6.61. The van der Waals surface area contributed by atoms with E-state index in [1.54, 1.807) is 6.07 Å². The number of aryl methyl sites for hydroxylation is 1. The van der Waals surface area contributed by atoms with E-state index in [0.29, 0.717) is 16.0 Å². The van der Waals surface area contributed by atoms with Crippen LogP contribution in [0.4, 0.5) is 20.3 Å². The van der Waals surface area contributed by atoms with E-state index in [0.717, 1.165) is 16.3 Å². The standard InChI is InChI=1S/C14H12FN5OS2/c1-7-12(23-14(17-7)18-8(2)21)10-6-22-13(20-10)19-9-3-4-11(15)16-5-9/h3-6H,1-2H3,(H,19,20)(H,17,18,21). The van der Waals surface area contributed by atoms with Crippen molar-refractivity contribution in [3.05, 3.63) is 35.4 Å². The molecule has 0 fully saturated rings. The number of hydrogen-bond donors (Lipinski definition) is 2. The van der Waals surface area contributed by atoms with E-state index < -0.39 is 5.95 Å². The average Bonchev–Trinajstić information content (AvgIpc) is 3.07. The predicted octanol–water partition coefficient (Wildman–Crippen LogP) is 3.81. The number of hydrogen-bond acceptors (Lipinski definition) is 7. The molecule has 3 rings (SSSR count). The van der Waals surface area contributed by atoms with Crippen molar-refractivity contribution in [2.24, 2.45) is 0 Å². The molecule has 23 heavy (non-hydrogen) atoms. The molecule has 0 aromatic carbocycles. The Kier molecular flexibility index (Phi) is 4.30. The summed E-state index contributed by atoms with van der Waals surface area (Å²) in [6, 6.07) is 2.88. The van der Waals surface area contributed by atoms with Crippen LogP contribution in [-0.2, 0) is 4.79 Å². The number of amides is 1. The second-order valence-electron chi connectivity index (χ2n) is 4.65. The molecule has 0 aliphatic heterocycles. The Balaban J connectivity index is 1.80. The van der Waals surface area contributed by atoms with Crippen LogP contribution in [-0.4, -0.2) is 20.9 Å². The highest BCUT2D eigenvalue weighted by molar-refractivity contribution is 7.20. The molecule has 0 saturated carbocycles. The molecule has 0 spiro atoms. The summed E-state index contributed by atoms with van der Waals surface area (Å²) < 4.78 is 12.8. The van der Waals surface area contributed by atoms with Crippen LogP contribution in [0.15, 0.2) is 23.7 Å². The Morgan fingerprint density at radius 3 is 2.78 bits per heavy atom. The van der Waals surface area contributed by atoms with E-state index in [1.165, 1.54) is 41.9 Å². The number of nitrogens with one attached hydrogen (secondary N) is 2.